The van der Waals surface area contributed by atoms with E-state index in [1.54, 1.807) is 0 Å². The lowest BCUT2D eigenvalue weighted by molar-refractivity contribution is 0.161. The summed E-state index contributed by atoms with van der Waals surface area (Å²) in [5, 5.41) is 3.75. The lowest BCUT2D eigenvalue weighted by atomic mass is 9.90. The second kappa shape index (κ2) is 8.23. The largest absolute Gasteiger partial charge is 0.313 e. The van der Waals surface area contributed by atoms with Gasteiger partial charge in [-0.05, 0) is 73.5 Å². The number of piperidine rings is 1. The van der Waals surface area contributed by atoms with Gasteiger partial charge in [0.2, 0.25) is 0 Å². The third-order valence-electron chi connectivity index (χ3n) is 4.63. The fourth-order valence-corrected chi connectivity index (χ4v) is 3.23. The molecule has 0 saturated carbocycles. The summed E-state index contributed by atoms with van der Waals surface area (Å²) < 4.78 is 0. The van der Waals surface area contributed by atoms with Crippen molar-refractivity contribution in [2.24, 2.45) is 5.92 Å². The molecular formula is C16H35N3. The maximum Gasteiger partial charge on any atom is 0.0112 e. The Labute approximate surface area is 120 Å². The zero-order valence-corrected chi connectivity index (χ0v) is 13.9. The van der Waals surface area contributed by atoms with Crippen LogP contribution in [-0.2, 0) is 0 Å². The van der Waals surface area contributed by atoms with Crippen molar-refractivity contribution in [2.75, 3.05) is 33.2 Å². The standard InChI is InChI=1S/C16H35N3/c1-13(2)19(14(3)4)12-9-17-15(5)16-7-10-18(6)11-8-16/h13-17H,7-12H2,1-6H3. The van der Waals surface area contributed by atoms with Crippen molar-refractivity contribution in [3.63, 3.8) is 0 Å². The Morgan fingerprint density at radius 2 is 1.58 bits per heavy atom. The van der Waals surface area contributed by atoms with E-state index in [-0.39, 0.29) is 0 Å². The lowest BCUT2D eigenvalue weighted by Gasteiger charge is -2.34. The van der Waals surface area contributed by atoms with E-state index in [1.165, 1.54) is 25.9 Å². The summed E-state index contributed by atoms with van der Waals surface area (Å²) in [4.78, 5) is 5.01. The van der Waals surface area contributed by atoms with Crippen molar-refractivity contribution >= 4 is 0 Å². The van der Waals surface area contributed by atoms with Crippen molar-refractivity contribution in [2.45, 2.75) is 65.6 Å². The number of likely N-dealkylation sites (tertiary alicyclic amines) is 1. The first-order valence-corrected chi connectivity index (χ1v) is 8.09. The van der Waals surface area contributed by atoms with E-state index in [0.29, 0.717) is 18.1 Å². The molecule has 1 unspecified atom stereocenters. The minimum atomic E-state index is 0.639. The van der Waals surface area contributed by atoms with Crippen molar-refractivity contribution in [1.82, 2.24) is 15.1 Å². The smallest absolute Gasteiger partial charge is 0.0112 e. The molecular weight excluding hydrogens is 234 g/mol. The molecule has 0 aromatic heterocycles. The molecule has 0 aromatic carbocycles. The molecule has 1 atom stereocenters. The summed E-state index contributed by atoms with van der Waals surface area (Å²) in [6.45, 7) is 16.3. The summed E-state index contributed by atoms with van der Waals surface area (Å²) in [5.74, 6) is 0.864. The minimum absolute atomic E-state index is 0.639. The van der Waals surface area contributed by atoms with Gasteiger partial charge in [0.05, 0.1) is 0 Å². The number of hydrogen-bond donors (Lipinski definition) is 1. The Morgan fingerprint density at radius 1 is 1.05 bits per heavy atom. The third-order valence-corrected chi connectivity index (χ3v) is 4.63. The topological polar surface area (TPSA) is 18.5 Å². The molecule has 1 aliphatic heterocycles. The van der Waals surface area contributed by atoms with Gasteiger partial charge in [-0.25, -0.2) is 0 Å². The molecule has 19 heavy (non-hydrogen) atoms. The zero-order chi connectivity index (χ0) is 14.4. The normalized spacial score (nSPS) is 20.7. The van der Waals surface area contributed by atoms with Crippen LogP contribution in [0.25, 0.3) is 0 Å². The fourth-order valence-electron chi connectivity index (χ4n) is 3.23. The highest BCUT2D eigenvalue weighted by atomic mass is 15.2. The molecule has 114 valence electrons. The Morgan fingerprint density at radius 3 is 2.05 bits per heavy atom. The van der Waals surface area contributed by atoms with Crippen LogP contribution in [0.4, 0.5) is 0 Å². The molecule has 0 spiro atoms. The number of hydrogen-bond acceptors (Lipinski definition) is 3. The molecule has 0 bridgehead atoms. The molecule has 3 heteroatoms. The monoisotopic (exact) mass is 269 g/mol. The Hall–Kier alpha value is -0.120. The first kappa shape index (κ1) is 16.9. The Bertz CT molecular complexity index is 224. The number of rotatable bonds is 7. The minimum Gasteiger partial charge on any atom is -0.313 e. The van der Waals surface area contributed by atoms with Gasteiger partial charge in [-0.3, -0.25) is 4.90 Å². The van der Waals surface area contributed by atoms with Crippen LogP contribution in [0.3, 0.4) is 0 Å². The molecule has 0 radical (unpaired) electrons. The Kier molecular flexibility index (Phi) is 7.33. The van der Waals surface area contributed by atoms with Crippen molar-refractivity contribution in [3.8, 4) is 0 Å². The molecule has 3 nitrogen and oxygen atoms in total. The highest BCUT2D eigenvalue weighted by molar-refractivity contribution is 4.79. The first-order valence-electron chi connectivity index (χ1n) is 8.09. The molecule has 0 aliphatic carbocycles. The van der Waals surface area contributed by atoms with Gasteiger partial charge in [0.25, 0.3) is 0 Å². The van der Waals surface area contributed by atoms with Gasteiger partial charge >= 0.3 is 0 Å². The van der Waals surface area contributed by atoms with Gasteiger partial charge in [0.1, 0.15) is 0 Å². The van der Waals surface area contributed by atoms with Crippen molar-refractivity contribution < 1.29 is 0 Å². The van der Waals surface area contributed by atoms with Crippen molar-refractivity contribution in [1.29, 1.82) is 0 Å². The predicted molar refractivity (Wildman–Crippen MR) is 84.7 cm³/mol. The third kappa shape index (κ3) is 5.80. The second-order valence-corrected chi connectivity index (χ2v) is 6.81. The van der Waals surface area contributed by atoms with Crippen LogP contribution in [0.15, 0.2) is 0 Å². The van der Waals surface area contributed by atoms with Crippen LogP contribution in [-0.4, -0.2) is 61.2 Å². The van der Waals surface area contributed by atoms with Crippen LogP contribution in [0.5, 0.6) is 0 Å². The molecule has 1 N–H and O–H groups in total. The highest BCUT2D eigenvalue weighted by Crippen LogP contribution is 2.19. The van der Waals surface area contributed by atoms with E-state index in [1.807, 2.05) is 0 Å². The summed E-state index contributed by atoms with van der Waals surface area (Å²) in [7, 11) is 2.23. The maximum absolute atomic E-state index is 3.75. The van der Waals surface area contributed by atoms with Crippen LogP contribution < -0.4 is 5.32 Å². The molecule has 1 heterocycles. The molecule has 1 saturated heterocycles. The average molecular weight is 269 g/mol. The van der Waals surface area contributed by atoms with Gasteiger partial charge in [0.15, 0.2) is 0 Å². The number of nitrogens with zero attached hydrogens (tertiary/aromatic N) is 2. The van der Waals surface area contributed by atoms with Gasteiger partial charge in [-0.15, -0.1) is 0 Å². The summed E-state index contributed by atoms with van der Waals surface area (Å²) in [6, 6.07) is 1.94. The van der Waals surface area contributed by atoms with Gasteiger partial charge in [-0.1, -0.05) is 0 Å². The first-order chi connectivity index (χ1) is 8.91. The summed E-state index contributed by atoms with van der Waals surface area (Å²) >= 11 is 0. The molecule has 1 rings (SSSR count). The lowest BCUT2D eigenvalue weighted by Crippen LogP contribution is -2.45. The highest BCUT2D eigenvalue weighted by Gasteiger charge is 2.22. The molecule has 0 aromatic rings. The van der Waals surface area contributed by atoms with E-state index in [0.717, 1.165) is 19.0 Å². The Balaban J connectivity index is 2.24. The van der Waals surface area contributed by atoms with Crippen molar-refractivity contribution in [3.05, 3.63) is 0 Å². The SMILES string of the molecule is CC(NCCN(C(C)C)C(C)C)C1CCN(C)CC1. The van der Waals surface area contributed by atoms with E-state index >= 15 is 0 Å². The predicted octanol–water partition coefficient (Wildman–Crippen LogP) is 2.43. The fraction of sp³-hybridized carbons (Fsp3) is 1.00. The van der Waals surface area contributed by atoms with Crippen LogP contribution >= 0.6 is 0 Å². The van der Waals surface area contributed by atoms with Gasteiger partial charge < -0.3 is 10.2 Å². The van der Waals surface area contributed by atoms with Gasteiger partial charge in [-0.2, -0.15) is 0 Å². The van der Waals surface area contributed by atoms with E-state index in [2.05, 4.69) is 56.8 Å². The van der Waals surface area contributed by atoms with E-state index in [9.17, 15) is 0 Å². The number of nitrogens with one attached hydrogen (secondary N) is 1. The average Bonchev–Trinajstić information content (AvgIpc) is 2.34. The molecule has 0 amide bonds. The quantitative estimate of drug-likeness (QED) is 0.766. The van der Waals surface area contributed by atoms with Gasteiger partial charge in [0, 0.05) is 31.2 Å². The van der Waals surface area contributed by atoms with E-state index < -0.39 is 0 Å². The maximum atomic E-state index is 3.75. The van der Waals surface area contributed by atoms with Crippen LogP contribution in [0, 0.1) is 5.92 Å². The molecule has 1 fully saturated rings. The summed E-state index contributed by atoms with van der Waals surface area (Å²) in [5.41, 5.74) is 0. The van der Waals surface area contributed by atoms with E-state index in [4.69, 9.17) is 0 Å². The summed E-state index contributed by atoms with van der Waals surface area (Å²) in [6.07, 6.45) is 2.70. The zero-order valence-electron chi connectivity index (χ0n) is 13.9. The van der Waals surface area contributed by atoms with Crippen LogP contribution in [0.2, 0.25) is 0 Å². The molecule has 1 aliphatic rings. The van der Waals surface area contributed by atoms with Crippen LogP contribution in [0.1, 0.15) is 47.5 Å². The second-order valence-electron chi connectivity index (χ2n) is 6.81.